The van der Waals surface area contributed by atoms with E-state index in [1.807, 2.05) is 0 Å². The molecule has 2 aliphatic carbocycles. The van der Waals surface area contributed by atoms with Gasteiger partial charge in [0.05, 0.1) is 17.1 Å². The summed E-state index contributed by atoms with van der Waals surface area (Å²) in [4.78, 5) is 2.60. The summed E-state index contributed by atoms with van der Waals surface area (Å²) in [5, 5.41) is 5.16. The smallest absolute Gasteiger partial charge is 0.0540 e. The number of hydrogen-bond acceptors (Lipinski definition) is 1. The van der Waals surface area contributed by atoms with Gasteiger partial charge in [0.15, 0.2) is 0 Å². The van der Waals surface area contributed by atoms with Gasteiger partial charge in [0.25, 0.3) is 0 Å². The molecule has 0 saturated heterocycles. The van der Waals surface area contributed by atoms with E-state index in [0.29, 0.717) is 5.92 Å². The molecule has 1 heteroatoms. The Morgan fingerprint density at radius 3 is 1.41 bits per heavy atom. The standard InChI is InChI=1S/C70H55N/c1-70(52-32-9-4-10-33-52)62-43-15-11-37-61(62)69-60(42-23-44-63(69)70)57-36-14-18-47-66(57)71(64-45-16-12-34-55(64)58-40-21-30-50-28-19-38-53(67(50)58)48-24-5-2-6-25-48)65-46-17-13-35-56(65)59-41-22-31-51-29-20-39-54(68(51)59)49-26-7-3-8-27-49/h2,4-6,9-25,28-47,49H,3,7-8,26-27H2,1H3. The van der Waals surface area contributed by atoms with Crippen LogP contribution in [0, 0.1) is 0 Å². The van der Waals surface area contributed by atoms with E-state index in [2.05, 4.69) is 261 Å². The molecule has 0 aromatic heterocycles. The minimum absolute atomic E-state index is 0.327. The lowest BCUT2D eigenvalue weighted by Crippen LogP contribution is -2.22. The average molecular weight is 910 g/mol. The first kappa shape index (κ1) is 42.8. The quantitative estimate of drug-likeness (QED) is 0.139. The molecule has 1 atom stereocenters. The second-order valence-corrected chi connectivity index (χ2v) is 19.8. The lowest BCUT2D eigenvalue weighted by Gasteiger charge is -2.33. The molecule has 0 spiro atoms. The van der Waals surface area contributed by atoms with Crippen LogP contribution in [0.25, 0.3) is 77.2 Å². The fourth-order valence-electron chi connectivity index (χ4n) is 12.7. The summed E-state index contributed by atoms with van der Waals surface area (Å²) in [6, 6.07) is 93.1. The molecule has 0 bridgehead atoms. The van der Waals surface area contributed by atoms with Gasteiger partial charge < -0.3 is 4.90 Å². The number of nitrogens with zero attached hydrogens (tertiary/aromatic N) is 1. The van der Waals surface area contributed by atoms with Crippen molar-refractivity contribution < 1.29 is 0 Å². The van der Waals surface area contributed by atoms with Crippen LogP contribution in [0.15, 0.2) is 249 Å². The molecule has 340 valence electrons. The Morgan fingerprint density at radius 2 is 0.775 bits per heavy atom. The molecule has 1 saturated carbocycles. The van der Waals surface area contributed by atoms with Gasteiger partial charge in [-0.05, 0) is 127 Å². The van der Waals surface area contributed by atoms with Crippen molar-refractivity contribution in [3.05, 3.63) is 271 Å². The Bertz CT molecular complexity index is 3760. The summed E-state index contributed by atoms with van der Waals surface area (Å²) < 4.78 is 0. The van der Waals surface area contributed by atoms with Crippen LogP contribution in [-0.4, -0.2) is 0 Å². The van der Waals surface area contributed by atoms with Gasteiger partial charge in [-0.2, -0.15) is 0 Å². The monoisotopic (exact) mass is 909 g/mol. The van der Waals surface area contributed by atoms with Crippen LogP contribution in [0.5, 0.6) is 0 Å². The molecule has 0 aliphatic heterocycles. The van der Waals surface area contributed by atoms with Gasteiger partial charge in [-0.3, -0.25) is 0 Å². The molecule has 0 heterocycles. The fraction of sp³-hybridized carbons (Fsp3) is 0.114. The Labute approximate surface area is 418 Å². The van der Waals surface area contributed by atoms with Crippen molar-refractivity contribution in [3.8, 4) is 55.6 Å². The van der Waals surface area contributed by atoms with Crippen molar-refractivity contribution in [2.24, 2.45) is 0 Å². The normalized spacial score (nSPS) is 15.4. The maximum Gasteiger partial charge on any atom is 0.0540 e. The number of fused-ring (bicyclic) bond motifs is 5. The van der Waals surface area contributed by atoms with Crippen molar-refractivity contribution in [1.29, 1.82) is 0 Å². The Hall–Kier alpha value is -8.26. The number of anilines is 3. The van der Waals surface area contributed by atoms with Gasteiger partial charge in [0.2, 0.25) is 0 Å². The van der Waals surface area contributed by atoms with Gasteiger partial charge in [-0.25, -0.2) is 0 Å². The van der Waals surface area contributed by atoms with Crippen LogP contribution in [-0.2, 0) is 5.41 Å². The van der Waals surface area contributed by atoms with Gasteiger partial charge >= 0.3 is 0 Å². The van der Waals surface area contributed by atoms with E-state index in [1.54, 1.807) is 0 Å². The second kappa shape index (κ2) is 17.9. The zero-order valence-electron chi connectivity index (χ0n) is 40.2. The predicted octanol–water partition coefficient (Wildman–Crippen LogP) is 19.5. The van der Waals surface area contributed by atoms with Crippen LogP contribution >= 0.6 is 0 Å². The predicted molar refractivity (Wildman–Crippen MR) is 301 cm³/mol. The van der Waals surface area contributed by atoms with Gasteiger partial charge in [-0.15, -0.1) is 0 Å². The number of rotatable bonds is 9. The lowest BCUT2D eigenvalue weighted by molar-refractivity contribution is 0.445. The molecule has 2 aliphatic rings. The van der Waals surface area contributed by atoms with E-state index < -0.39 is 0 Å². The molecule has 0 amide bonds. The minimum Gasteiger partial charge on any atom is -0.309 e. The van der Waals surface area contributed by atoms with E-state index in [9.17, 15) is 0 Å². The molecular formula is C70H55N. The topological polar surface area (TPSA) is 3.24 Å². The van der Waals surface area contributed by atoms with Crippen molar-refractivity contribution in [3.63, 3.8) is 0 Å². The highest BCUT2D eigenvalue weighted by Crippen LogP contribution is 2.57. The van der Waals surface area contributed by atoms with Crippen molar-refractivity contribution in [2.45, 2.75) is 50.4 Å². The number of benzene rings is 11. The van der Waals surface area contributed by atoms with Gasteiger partial charge in [0.1, 0.15) is 0 Å². The van der Waals surface area contributed by atoms with E-state index in [4.69, 9.17) is 0 Å². The van der Waals surface area contributed by atoms with Crippen LogP contribution in [0.2, 0.25) is 0 Å². The number of para-hydroxylation sites is 3. The number of hydrogen-bond donors (Lipinski definition) is 0. The van der Waals surface area contributed by atoms with E-state index in [-0.39, 0.29) is 5.41 Å². The van der Waals surface area contributed by atoms with Crippen LogP contribution in [0.4, 0.5) is 17.1 Å². The first-order chi connectivity index (χ1) is 35.2. The highest BCUT2D eigenvalue weighted by molar-refractivity contribution is 6.11. The third-order valence-corrected chi connectivity index (χ3v) is 16.0. The summed E-state index contributed by atoms with van der Waals surface area (Å²) in [5.74, 6) is 0.549. The molecule has 13 rings (SSSR count). The highest BCUT2D eigenvalue weighted by atomic mass is 15.1. The molecule has 11 aromatic carbocycles. The van der Waals surface area contributed by atoms with Crippen LogP contribution < -0.4 is 4.90 Å². The lowest BCUT2D eigenvalue weighted by atomic mass is 9.74. The molecule has 1 fully saturated rings. The van der Waals surface area contributed by atoms with Gasteiger partial charge in [0, 0.05) is 22.1 Å². The third-order valence-electron chi connectivity index (χ3n) is 16.0. The van der Waals surface area contributed by atoms with Crippen LogP contribution in [0.1, 0.15) is 67.2 Å². The summed E-state index contributed by atoms with van der Waals surface area (Å²) in [7, 11) is 0. The Kier molecular flexibility index (Phi) is 10.8. The molecule has 1 nitrogen and oxygen atoms in total. The molecule has 0 N–H and O–H groups in total. The average Bonchev–Trinajstić information content (AvgIpc) is 3.72. The molecular weight excluding hydrogens is 855 g/mol. The molecule has 11 aromatic rings. The molecule has 71 heavy (non-hydrogen) atoms. The third kappa shape index (κ3) is 7.13. The SMILES string of the molecule is CC1(c2ccccc2)c2ccccc2-c2c(-c3ccccc3N(c3ccccc3-c3cccc4cccc(-c5ccccc5)c34)c3ccccc3-c3cccc4cccc(C5CCCCC5)c34)cccc21. The summed E-state index contributed by atoms with van der Waals surface area (Å²) in [6.07, 6.45) is 6.40. The van der Waals surface area contributed by atoms with Crippen molar-refractivity contribution in [1.82, 2.24) is 0 Å². The maximum absolute atomic E-state index is 2.60. The fourth-order valence-corrected chi connectivity index (χ4v) is 12.7. The molecule has 1 unspecified atom stereocenters. The largest absolute Gasteiger partial charge is 0.309 e. The van der Waals surface area contributed by atoms with E-state index >= 15 is 0 Å². The minimum atomic E-state index is -0.327. The molecule has 0 radical (unpaired) electrons. The summed E-state index contributed by atoms with van der Waals surface area (Å²) in [6.45, 7) is 2.42. The first-order valence-electron chi connectivity index (χ1n) is 25.6. The van der Waals surface area contributed by atoms with Crippen molar-refractivity contribution in [2.75, 3.05) is 4.90 Å². The maximum atomic E-state index is 2.60. The zero-order chi connectivity index (χ0) is 47.3. The second-order valence-electron chi connectivity index (χ2n) is 19.8. The van der Waals surface area contributed by atoms with E-state index in [0.717, 1.165) is 17.1 Å². The van der Waals surface area contributed by atoms with Gasteiger partial charge in [-0.1, -0.05) is 250 Å². The van der Waals surface area contributed by atoms with Crippen molar-refractivity contribution >= 4 is 38.6 Å². The van der Waals surface area contributed by atoms with E-state index in [1.165, 1.54) is 132 Å². The zero-order valence-corrected chi connectivity index (χ0v) is 40.2. The Balaban J connectivity index is 1.10. The Morgan fingerprint density at radius 1 is 0.338 bits per heavy atom. The first-order valence-corrected chi connectivity index (χ1v) is 25.6. The van der Waals surface area contributed by atoms with Crippen LogP contribution in [0.3, 0.4) is 0 Å². The summed E-state index contributed by atoms with van der Waals surface area (Å²) >= 11 is 0. The summed E-state index contributed by atoms with van der Waals surface area (Å²) in [5.41, 5.74) is 20.9. The highest BCUT2D eigenvalue weighted by Gasteiger charge is 2.42.